The number of anilines is 2. The molecule has 0 radical (unpaired) electrons. The van der Waals surface area contributed by atoms with Gasteiger partial charge in [-0.2, -0.15) is 0 Å². The van der Waals surface area contributed by atoms with Gasteiger partial charge in [-0.25, -0.2) is 4.98 Å². The summed E-state index contributed by atoms with van der Waals surface area (Å²) in [6, 6.07) is 21.5. The number of nitrogens with one attached hydrogen (secondary N) is 1. The fourth-order valence-corrected chi connectivity index (χ4v) is 3.84. The molecule has 0 spiro atoms. The van der Waals surface area contributed by atoms with E-state index in [1.54, 1.807) is 6.07 Å². The van der Waals surface area contributed by atoms with Crippen molar-refractivity contribution < 1.29 is 9.53 Å². The average molecular weight is 431 g/mol. The van der Waals surface area contributed by atoms with Gasteiger partial charge in [0.1, 0.15) is 11.6 Å². The molecule has 1 saturated heterocycles. The SMILES string of the molecule is CC(C)Oc1ccccc1C(=O)Nc1ccc(CN2CCN(c3ccccn3)CC2)cc1. The molecule has 1 amide bonds. The fraction of sp³-hybridized carbons (Fsp3) is 0.308. The number of piperazine rings is 1. The van der Waals surface area contributed by atoms with Gasteiger partial charge < -0.3 is 15.0 Å². The third-order valence-corrected chi connectivity index (χ3v) is 5.46. The van der Waals surface area contributed by atoms with Crippen molar-refractivity contribution in [2.24, 2.45) is 0 Å². The van der Waals surface area contributed by atoms with Gasteiger partial charge in [0.15, 0.2) is 0 Å². The quantitative estimate of drug-likeness (QED) is 0.600. The monoisotopic (exact) mass is 430 g/mol. The minimum absolute atomic E-state index is 0.00839. The lowest BCUT2D eigenvalue weighted by molar-refractivity contribution is 0.102. The molecule has 0 atom stereocenters. The Morgan fingerprint density at radius 3 is 2.38 bits per heavy atom. The highest BCUT2D eigenvalue weighted by Crippen LogP contribution is 2.22. The maximum absolute atomic E-state index is 12.8. The lowest BCUT2D eigenvalue weighted by Crippen LogP contribution is -2.46. The summed E-state index contributed by atoms with van der Waals surface area (Å²) in [6.45, 7) is 8.75. The van der Waals surface area contributed by atoms with Crippen molar-refractivity contribution in [3.05, 3.63) is 84.1 Å². The van der Waals surface area contributed by atoms with Gasteiger partial charge in [-0.05, 0) is 55.8 Å². The zero-order valence-corrected chi connectivity index (χ0v) is 18.7. The first kappa shape index (κ1) is 21.8. The summed E-state index contributed by atoms with van der Waals surface area (Å²) in [4.78, 5) is 22.0. The second-order valence-electron chi connectivity index (χ2n) is 8.26. The molecule has 0 bridgehead atoms. The Morgan fingerprint density at radius 1 is 0.969 bits per heavy atom. The molecule has 6 heteroatoms. The average Bonchev–Trinajstić information content (AvgIpc) is 2.81. The van der Waals surface area contributed by atoms with Crippen molar-refractivity contribution in [3.63, 3.8) is 0 Å². The molecule has 2 aromatic carbocycles. The van der Waals surface area contributed by atoms with E-state index in [4.69, 9.17) is 4.74 Å². The molecule has 2 heterocycles. The molecule has 0 unspecified atom stereocenters. The van der Waals surface area contributed by atoms with E-state index >= 15 is 0 Å². The number of ether oxygens (including phenoxy) is 1. The molecule has 0 saturated carbocycles. The molecule has 4 rings (SSSR count). The maximum Gasteiger partial charge on any atom is 0.259 e. The van der Waals surface area contributed by atoms with E-state index in [1.165, 1.54) is 5.56 Å². The van der Waals surface area contributed by atoms with Gasteiger partial charge in [0.2, 0.25) is 0 Å². The van der Waals surface area contributed by atoms with Crippen LogP contribution in [0.5, 0.6) is 5.75 Å². The highest BCUT2D eigenvalue weighted by molar-refractivity contribution is 6.06. The van der Waals surface area contributed by atoms with Gasteiger partial charge in [-0.3, -0.25) is 9.69 Å². The van der Waals surface area contributed by atoms with Crippen LogP contribution in [0.3, 0.4) is 0 Å². The lowest BCUT2D eigenvalue weighted by Gasteiger charge is -2.35. The summed E-state index contributed by atoms with van der Waals surface area (Å²) in [6.07, 6.45) is 1.85. The van der Waals surface area contributed by atoms with Gasteiger partial charge in [0.05, 0.1) is 11.7 Å². The standard InChI is InChI=1S/C26H30N4O2/c1-20(2)32-24-8-4-3-7-23(24)26(31)28-22-12-10-21(11-13-22)19-29-15-17-30(18-16-29)25-9-5-6-14-27-25/h3-14,20H,15-19H2,1-2H3,(H,28,31). The first-order valence-corrected chi connectivity index (χ1v) is 11.1. The number of hydrogen-bond donors (Lipinski definition) is 1. The van der Waals surface area contributed by atoms with Crippen molar-refractivity contribution in [2.45, 2.75) is 26.5 Å². The van der Waals surface area contributed by atoms with Gasteiger partial charge in [-0.15, -0.1) is 0 Å². The van der Waals surface area contributed by atoms with Crippen molar-refractivity contribution in [2.75, 3.05) is 36.4 Å². The molecule has 32 heavy (non-hydrogen) atoms. The van der Waals surface area contributed by atoms with Gasteiger partial charge >= 0.3 is 0 Å². The van der Waals surface area contributed by atoms with Crippen LogP contribution < -0.4 is 15.0 Å². The van der Waals surface area contributed by atoms with Crippen LogP contribution in [0.1, 0.15) is 29.8 Å². The number of pyridine rings is 1. The molecular weight excluding hydrogens is 400 g/mol. The van der Waals surface area contributed by atoms with E-state index in [0.717, 1.165) is 44.2 Å². The minimum Gasteiger partial charge on any atom is -0.490 e. The molecule has 1 aliphatic rings. The fourth-order valence-electron chi connectivity index (χ4n) is 3.84. The lowest BCUT2D eigenvalue weighted by atomic mass is 10.1. The van der Waals surface area contributed by atoms with E-state index < -0.39 is 0 Å². The van der Waals surface area contributed by atoms with E-state index in [2.05, 4.69) is 38.3 Å². The summed E-state index contributed by atoms with van der Waals surface area (Å²) >= 11 is 0. The number of para-hydroxylation sites is 1. The van der Waals surface area contributed by atoms with E-state index in [1.807, 2.05) is 62.5 Å². The number of hydrogen-bond acceptors (Lipinski definition) is 5. The Hall–Kier alpha value is -3.38. The number of aromatic nitrogens is 1. The normalized spacial score (nSPS) is 14.4. The number of carbonyl (C=O) groups excluding carboxylic acids is 1. The molecule has 1 aliphatic heterocycles. The van der Waals surface area contributed by atoms with Crippen molar-refractivity contribution in [1.82, 2.24) is 9.88 Å². The number of amides is 1. The highest BCUT2D eigenvalue weighted by Gasteiger charge is 2.18. The Kier molecular flexibility index (Phi) is 7.02. The first-order valence-electron chi connectivity index (χ1n) is 11.1. The Bertz CT molecular complexity index is 1010. The van der Waals surface area contributed by atoms with Crippen LogP contribution in [-0.2, 0) is 6.54 Å². The van der Waals surface area contributed by atoms with Crippen LogP contribution >= 0.6 is 0 Å². The summed E-state index contributed by atoms with van der Waals surface area (Å²) in [5.41, 5.74) is 2.55. The zero-order chi connectivity index (χ0) is 22.3. The molecule has 1 aromatic heterocycles. The van der Waals surface area contributed by atoms with Crippen LogP contribution in [0.25, 0.3) is 0 Å². The summed E-state index contributed by atoms with van der Waals surface area (Å²) in [5.74, 6) is 1.48. The molecule has 6 nitrogen and oxygen atoms in total. The van der Waals surface area contributed by atoms with Crippen LogP contribution in [0.4, 0.5) is 11.5 Å². The van der Waals surface area contributed by atoms with Crippen molar-refractivity contribution in [3.8, 4) is 5.75 Å². The third kappa shape index (κ3) is 5.65. The van der Waals surface area contributed by atoms with Gasteiger partial charge in [-0.1, -0.05) is 30.3 Å². The molecule has 0 aliphatic carbocycles. The second-order valence-corrected chi connectivity index (χ2v) is 8.26. The summed E-state index contributed by atoms with van der Waals surface area (Å²) in [5, 5.41) is 2.98. The van der Waals surface area contributed by atoms with Crippen LogP contribution in [-0.4, -0.2) is 48.1 Å². The Labute approximate surface area is 189 Å². The Balaban J connectivity index is 1.31. The largest absolute Gasteiger partial charge is 0.490 e. The molecule has 1 fully saturated rings. The van der Waals surface area contributed by atoms with Crippen molar-refractivity contribution >= 4 is 17.4 Å². The summed E-state index contributed by atoms with van der Waals surface area (Å²) in [7, 11) is 0. The van der Waals surface area contributed by atoms with Crippen LogP contribution in [0.2, 0.25) is 0 Å². The van der Waals surface area contributed by atoms with E-state index in [9.17, 15) is 4.79 Å². The minimum atomic E-state index is -0.167. The Morgan fingerprint density at radius 2 is 1.69 bits per heavy atom. The summed E-state index contributed by atoms with van der Waals surface area (Å²) < 4.78 is 5.77. The topological polar surface area (TPSA) is 57.7 Å². The molecular formula is C26H30N4O2. The predicted octanol–water partition coefficient (Wildman–Crippen LogP) is 4.44. The molecule has 1 N–H and O–H groups in total. The third-order valence-electron chi connectivity index (χ3n) is 5.46. The highest BCUT2D eigenvalue weighted by atomic mass is 16.5. The predicted molar refractivity (Wildman–Crippen MR) is 128 cm³/mol. The molecule has 166 valence electrons. The number of rotatable bonds is 7. The second kappa shape index (κ2) is 10.3. The number of benzene rings is 2. The van der Waals surface area contributed by atoms with E-state index in [-0.39, 0.29) is 12.0 Å². The van der Waals surface area contributed by atoms with Gasteiger partial charge in [0.25, 0.3) is 5.91 Å². The first-order chi connectivity index (χ1) is 15.6. The van der Waals surface area contributed by atoms with Gasteiger partial charge in [0, 0.05) is 44.6 Å². The molecule has 3 aromatic rings. The number of carbonyl (C=O) groups is 1. The van der Waals surface area contributed by atoms with Crippen LogP contribution in [0.15, 0.2) is 72.9 Å². The maximum atomic E-state index is 12.8. The smallest absolute Gasteiger partial charge is 0.259 e. The zero-order valence-electron chi connectivity index (χ0n) is 18.7. The van der Waals surface area contributed by atoms with Crippen LogP contribution in [0, 0.1) is 0 Å². The van der Waals surface area contributed by atoms with Crippen molar-refractivity contribution in [1.29, 1.82) is 0 Å². The van der Waals surface area contributed by atoms with E-state index in [0.29, 0.717) is 11.3 Å². The number of nitrogens with zero attached hydrogens (tertiary/aromatic N) is 3.